The summed E-state index contributed by atoms with van der Waals surface area (Å²) in [4.78, 5) is 0.101. The maximum atomic E-state index is 11.1. The second-order valence-electron chi connectivity index (χ2n) is 4.16. The third-order valence-electron chi connectivity index (χ3n) is 2.63. The van der Waals surface area contributed by atoms with Crippen LogP contribution in [-0.4, -0.2) is 21.6 Å². The number of hydrogen-bond donors (Lipinski definition) is 2. The molecule has 0 bridgehead atoms. The quantitative estimate of drug-likeness (QED) is 0.796. The Balaban J connectivity index is 1.80. The third-order valence-corrected chi connectivity index (χ3v) is 3.56. The Bertz CT molecular complexity index is 640. The molecule has 106 valence electrons. The van der Waals surface area contributed by atoms with Gasteiger partial charge in [0.25, 0.3) is 0 Å². The van der Waals surface area contributed by atoms with Crippen molar-refractivity contribution in [2.75, 3.05) is 18.5 Å². The van der Waals surface area contributed by atoms with E-state index >= 15 is 0 Å². The van der Waals surface area contributed by atoms with Gasteiger partial charge >= 0.3 is 0 Å². The lowest BCUT2D eigenvalue weighted by Gasteiger charge is -2.08. The zero-order valence-electron chi connectivity index (χ0n) is 10.8. The van der Waals surface area contributed by atoms with Crippen LogP contribution in [0, 0.1) is 0 Å². The highest BCUT2D eigenvalue weighted by atomic mass is 32.2. The molecule has 0 spiro atoms. The molecule has 0 atom stereocenters. The van der Waals surface area contributed by atoms with Gasteiger partial charge in [0.15, 0.2) is 0 Å². The van der Waals surface area contributed by atoms with Crippen molar-refractivity contribution in [2.24, 2.45) is 5.14 Å². The lowest BCUT2D eigenvalue weighted by molar-refractivity contribution is 0.333. The van der Waals surface area contributed by atoms with Crippen LogP contribution in [0.3, 0.4) is 0 Å². The second-order valence-corrected chi connectivity index (χ2v) is 5.72. The van der Waals surface area contributed by atoms with Crippen LogP contribution in [0.5, 0.6) is 5.75 Å². The van der Waals surface area contributed by atoms with E-state index in [-0.39, 0.29) is 4.90 Å². The van der Waals surface area contributed by atoms with Gasteiger partial charge in [-0.25, -0.2) is 13.6 Å². The third kappa shape index (κ3) is 4.25. The Morgan fingerprint density at radius 2 is 1.65 bits per heavy atom. The number of nitrogens with two attached hydrogens (primary N) is 1. The van der Waals surface area contributed by atoms with Crippen molar-refractivity contribution in [1.29, 1.82) is 0 Å². The molecule has 3 N–H and O–H groups in total. The predicted octanol–water partition coefficient (Wildman–Crippen LogP) is 1.82. The van der Waals surface area contributed by atoms with Crippen LogP contribution in [0.15, 0.2) is 59.5 Å². The fourth-order valence-corrected chi connectivity index (χ4v) is 2.16. The van der Waals surface area contributed by atoms with E-state index < -0.39 is 10.0 Å². The van der Waals surface area contributed by atoms with Crippen molar-refractivity contribution < 1.29 is 13.2 Å². The molecule has 0 saturated carbocycles. The zero-order valence-corrected chi connectivity index (χ0v) is 11.6. The summed E-state index contributed by atoms with van der Waals surface area (Å²) in [5, 5.41) is 8.16. The van der Waals surface area contributed by atoms with Gasteiger partial charge in [0.1, 0.15) is 12.4 Å². The minimum atomic E-state index is -3.63. The van der Waals surface area contributed by atoms with Crippen molar-refractivity contribution in [1.82, 2.24) is 0 Å². The number of nitrogens with one attached hydrogen (secondary N) is 1. The van der Waals surface area contributed by atoms with Gasteiger partial charge in [-0.1, -0.05) is 18.2 Å². The van der Waals surface area contributed by atoms with Gasteiger partial charge in [-0.05, 0) is 36.4 Å². The first-order chi connectivity index (χ1) is 9.55. The minimum Gasteiger partial charge on any atom is -0.492 e. The maximum Gasteiger partial charge on any atom is 0.238 e. The molecule has 0 amide bonds. The Labute approximate surface area is 118 Å². The lowest BCUT2D eigenvalue weighted by Crippen LogP contribution is -2.13. The van der Waals surface area contributed by atoms with E-state index in [0.717, 1.165) is 11.4 Å². The van der Waals surface area contributed by atoms with Gasteiger partial charge in [0, 0.05) is 12.2 Å². The number of para-hydroxylation sites is 1. The van der Waals surface area contributed by atoms with Gasteiger partial charge < -0.3 is 10.1 Å². The monoisotopic (exact) mass is 292 g/mol. The van der Waals surface area contributed by atoms with Crippen molar-refractivity contribution in [3.05, 3.63) is 54.6 Å². The molecule has 0 fully saturated rings. The summed E-state index contributed by atoms with van der Waals surface area (Å²) in [6.45, 7) is 1.13. The Morgan fingerprint density at radius 3 is 2.25 bits per heavy atom. The summed E-state index contributed by atoms with van der Waals surface area (Å²) in [6, 6.07) is 15.8. The largest absolute Gasteiger partial charge is 0.492 e. The fraction of sp³-hybridized carbons (Fsp3) is 0.143. The van der Waals surface area contributed by atoms with Gasteiger partial charge in [-0.3, -0.25) is 0 Å². The number of ether oxygens (including phenoxy) is 1. The van der Waals surface area contributed by atoms with E-state index in [1.807, 2.05) is 30.3 Å². The van der Waals surface area contributed by atoms with E-state index in [4.69, 9.17) is 9.88 Å². The molecule has 5 nitrogen and oxygen atoms in total. The fourth-order valence-electron chi connectivity index (χ4n) is 1.64. The number of hydrogen-bond acceptors (Lipinski definition) is 4. The van der Waals surface area contributed by atoms with Crippen molar-refractivity contribution >= 4 is 15.7 Å². The molecular weight excluding hydrogens is 276 g/mol. The summed E-state index contributed by atoms with van der Waals surface area (Å²) in [6.07, 6.45) is 0. The first-order valence-corrected chi connectivity index (χ1v) is 7.65. The van der Waals surface area contributed by atoms with Crippen molar-refractivity contribution in [3.63, 3.8) is 0 Å². The predicted molar refractivity (Wildman–Crippen MR) is 78.2 cm³/mol. The number of primary sulfonamides is 1. The molecule has 0 aliphatic rings. The van der Waals surface area contributed by atoms with Crippen LogP contribution >= 0.6 is 0 Å². The zero-order chi connectivity index (χ0) is 14.4. The molecule has 2 aromatic rings. The summed E-state index contributed by atoms with van der Waals surface area (Å²) >= 11 is 0. The molecule has 0 unspecified atom stereocenters. The van der Waals surface area contributed by atoms with Crippen LogP contribution in [0.4, 0.5) is 5.69 Å². The molecule has 0 aromatic heterocycles. The Kier molecular flexibility index (Phi) is 4.60. The minimum absolute atomic E-state index is 0.101. The average Bonchev–Trinajstić information content (AvgIpc) is 2.44. The summed E-state index contributed by atoms with van der Waals surface area (Å²) in [5.74, 6) is 0.818. The van der Waals surface area contributed by atoms with E-state index in [2.05, 4.69) is 5.32 Å². The van der Waals surface area contributed by atoms with Crippen LogP contribution < -0.4 is 15.2 Å². The summed E-state index contributed by atoms with van der Waals surface area (Å²) in [5.41, 5.74) is 0.814. The first-order valence-electron chi connectivity index (χ1n) is 6.10. The molecule has 2 rings (SSSR count). The van der Waals surface area contributed by atoms with Gasteiger partial charge in [0.05, 0.1) is 4.90 Å². The average molecular weight is 292 g/mol. The number of sulfonamides is 1. The van der Waals surface area contributed by atoms with Crippen molar-refractivity contribution in [2.45, 2.75) is 4.90 Å². The van der Waals surface area contributed by atoms with E-state index in [0.29, 0.717) is 13.2 Å². The van der Waals surface area contributed by atoms with Crippen LogP contribution in [-0.2, 0) is 10.0 Å². The first kappa shape index (κ1) is 14.4. The molecule has 0 radical (unpaired) electrons. The maximum absolute atomic E-state index is 11.1. The molecule has 0 aliphatic heterocycles. The molecule has 20 heavy (non-hydrogen) atoms. The highest BCUT2D eigenvalue weighted by Gasteiger charge is 2.06. The van der Waals surface area contributed by atoms with E-state index in [9.17, 15) is 8.42 Å². The Morgan fingerprint density at radius 1 is 1.00 bits per heavy atom. The van der Waals surface area contributed by atoms with Crippen LogP contribution in [0.25, 0.3) is 0 Å². The molecular formula is C14H16N2O3S. The Hall–Kier alpha value is -2.05. The molecule has 0 aliphatic carbocycles. The highest BCUT2D eigenvalue weighted by Crippen LogP contribution is 2.12. The molecule has 0 heterocycles. The molecule has 6 heteroatoms. The standard InChI is InChI=1S/C14H16N2O3S/c15-20(17,18)14-8-6-12(7-9-14)16-10-11-19-13-4-2-1-3-5-13/h1-9,16H,10-11H2,(H2,15,17,18). The van der Waals surface area contributed by atoms with Gasteiger partial charge in [0.2, 0.25) is 10.0 Å². The SMILES string of the molecule is NS(=O)(=O)c1ccc(NCCOc2ccccc2)cc1. The second kappa shape index (κ2) is 6.40. The van der Waals surface area contributed by atoms with E-state index in [1.54, 1.807) is 12.1 Å². The van der Waals surface area contributed by atoms with Gasteiger partial charge in [-0.15, -0.1) is 0 Å². The van der Waals surface area contributed by atoms with Crippen LogP contribution in [0.2, 0.25) is 0 Å². The van der Waals surface area contributed by atoms with Crippen LogP contribution in [0.1, 0.15) is 0 Å². The number of rotatable bonds is 6. The highest BCUT2D eigenvalue weighted by molar-refractivity contribution is 7.89. The summed E-state index contributed by atoms with van der Waals surface area (Å²) < 4.78 is 27.7. The lowest BCUT2D eigenvalue weighted by atomic mass is 10.3. The topological polar surface area (TPSA) is 81.4 Å². The number of benzene rings is 2. The molecule has 2 aromatic carbocycles. The summed E-state index contributed by atoms with van der Waals surface area (Å²) in [7, 11) is -3.63. The smallest absolute Gasteiger partial charge is 0.238 e. The number of anilines is 1. The normalized spacial score (nSPS) is 11.1. The van der Waals surface area contributed by atoms with Crippen molar-refractivity contribution in [3.8, 4) is 5.75 Å². The molecule has 0 saturated heterocycles. The van der Waals surface area contributed by atoms with E-state index in [1.165, 1.54) is 12.1 Å². The van der Waals surface area contributed by atoms with Gasteiger partial charge in [-0.2, -0.15) is 0 Å².